The summed E-state index contributed by atoms with van der Waals surface area (Å²) in [6.45, 7) is 2.67. The number of pyridine rings is 1. The van der Waals surface area contributed by atoms with Crippen molar-refractivity contribution in [3.05, 3.63) is 46.2 Å². The molecular formula is C19H22N4O3. The lowest BCUT2D eigenvalue weighted by Gasteiger charge is -2.34. The van der Waals surface area contributed by atoms with Crippen molar-refractivity contribution in [2.45, 2.75) is 18.9 Å². The molecule has 26 heavy (non-hydrogen) atoms. The number of benzene rings is 1. The van der Waals surface area contributed by atoms with Crippen molar-refractivity contribution in [3.8, 4) is 0 Å². The van der Waals surface area contributed by atoms with E-state index in [0.717, 1.165) is 18.4 Å². The van der Waals surface area contributed by atoms with Crippen LogP contribution in [0.5, 0.6) is 0 Å². The Bertz CT molecular complexity index is 895. The van der Waals surface area contributed by atoms with E-state index >= 15 is 0 Å². The maximum absolute atomic E-state index is 12.8. The summed E-state index contributed by atoms with van der Waals surface area (Å²) < 4.78 is 0. The molecule has 1 saturated carbocycles. The molecule has 2 aliphatic rings. The van der Waals surface area contributed by atoms with Crippen LogP contribution in [0.4, 0.5) is 0 Å². The molecule has 1 aromatic heterocycles. The standard InChI is InChI=1S/C19H22N4O3/c24-17(21-13-5-6-13)12-22-7-9-23(10-8-22)19(26)15-11-20-16-4-2-1-3-14(16)18(15)25/h1-4,11,13H,5-10,12H2,(H,20,25)(H,21,24). The van der Waals surface area contributed by atoms with Crippen molar-refractivity contribution in [3.63, 3.8) is 0 Å². The molecule has 2 amide bonds. The van der Waals surface area contributed by atoms with Gasteiger partial charge in [-0.05, 0) is 25.0 Å². The zero-order valence-corrected chi connectivity index (χ0v) is 14.5. The Morgan fingerprint density at radius 3 is 2.58 bits per heavy atom. The van der Waals surface area contributed by atoms with E-state index in [1.165, 1.54) is 6.20 Å². The number of rotatable bonds is 4. The summed E-state index contributed by atoms with van der Waals surface area (Å²) in [6.07, 6.45) is 3.66. The van der Waals surface area contributed by atoms with Gasteiger partial charge < -0.3 is 15.2 Å². The molecular weight excluding hydrogens is 332 g/mol. The number of amides is 2. The third-order valence-electron chi connectivity index (χ3n) is 4.99. The number of nitrogens with one attached hydrogen (secondary N) is 2. The molecule has 2 N–H and O–H groups in total. The van der Waals surface area contributed by atoms with Gasteiger partial charge >= 0.3 is 0 Å². The van der Waals surface area contributed by atoms with Crippen molar-refractivity contribution in [2.24, 2.45) is 0 Å². The van der Waals surface area contributed by atoms with E-state index in [0.29, 0.717) is 44.2 Å². The fourth-order valence-electron chi connectivity index (χ4n) is 3.31. The second-order valence-corrected chi connectivity index (χ2v) is 6.99. The fourth-order valence-corrected chi connectivity index (χ4v) is 3.31. The summed E-state index contributed by atoms with van der Waals surface area (Å²) in [7, 11) is 0. The van der Waals surface area contributed by atoms with Gasteiger partial charge in [0.2, 0.25) is 11.3 Å². The molecule has 2 aromatic rings. The van der Waals surface area contributed by atoms with Crippen molar-refractivity contribution in [1.29, 1.82) is 0 Å². The molecule has 0 unspecified atom stereocenters. The first-order valence-corrected chi connectivity index (χ1v) is 9.03. The number of carbonyl (C=O) groups is 2. The van der Waals surface area contributed by atoms with Crippen LogP contribution >= 0.6 is 0 Å². The molecule has 7 heteroatoms. The number of carbonyl (C=O) groups excluding carboxylic acids is 2. The molecule has 1 saturated heterocycles. The van der Waals surface area contributed by atoms with Crippen LogP contribution in [-0.4, -0.2) is 65.4 Å². The summed E-state index contributed by atoms with van der Waals surface area (Å²) >= 11 is 0. The number of hydrogen-bond acceptors (Lipinski definition) is 4. The molecule has 1 aromatic carbocycles. The monoisotopic (exact) mass is 354 g/mol. The van der Waals surface area contributed by atoms with Crippen molar-refractivity contribution >= 4 is 22.7 Å². The van der Waals surface area contributed by atoms with Crippen LogP contribution < -0.4 is 10.7 Å². The average Bonchev–Trinajstić information content (AvgIpc) is 3.46. The number of para-hydroxylation sites is 1. The number of aromatic nitrogens is 1. The van der Waals surface area contributed by atoms with E-state index in [9.17, 15) is 14.4 Å². The number of aromatic amines is 1. The fraction of sp³-hybridized carbons (Fsp3) is 0.421. The SMILES string of the molecule is O=C(CN1CCN(C(=O)c2c[nH]c3ccccc3c2=O)CC1)NC1CC1. The molecule has 7 nitrogen and oxygen atoms in total. The van der Waals surface area contributed by atoms with E-state index in [2.05, 4.69) is 10.3 Å². The second kappa shape index (κ2) is 6.92. The lowest BCUT2D eigenvalue weighted by Crippen LogP contribution is -2.51. The maximum atomic E-state index is 12.8. The highest BCUT2D eigenvalue weighted by atomic mass is 16.2. The molecule has 2 heterocycles. The lowest BCUT2D eigenvalue weighted by atomic mass is 10.1. The molecule has 4 rings (SSSR count). The van der Waals surface area contributed by atoms with E-state index < -0.39 is 0 Å². The van der Waals surface area contributed by atoms with Gasteiger partial charge in [-0.3, -0.25) is 19.3 Å². The zero-order chi connectivity index (χ0) is 18.1. The third kappa shape index (κ3) is 3.48. The minimum atomic E-state index is -0.251. The molecule has 1 aliphatic carbocycles. The second-order valence-electron chi connectivity index (χ2n) is 6.99. The first-order valence-electron chi connectivity index (χ1n) is 9.03. The Kier molecular flexibility index (Phi) is 4.46. The smallest absolute Gasteiger partial charge is 0.259 e. The first kappa shape index (κ1) is 16.8. The normalized spacial score (nSPS) is 18.1. The van der Waals surface area contributed by atoms with Gasteiger partial charge in [0.25, 0.3) is 5.91 Å². The average molecular weight is 354 g/mol. The Hall–Kier alpha value is -2.67. The molecule has 136 valence electrons. The van der Waals surface area contributed by atoms with Crippen LogP contribution in [0.2, 0.25) is 0 Å². The highest BCUT2D eigenvalue weighted by molar-refractivity contribution is 5.97. The van der Waals surface area contributed by atoms with E-state index in [1.807, 2.05) is 17.0 Å². The highest BCUT2D eigenvalue weighted by Crippen LogP contribution is 2.18. The topological polar surface area (TPSA) is 85.5 Å². The van der Waals surface area contributed by atoms with E-state index in [4.69, 9.17) is 0 Å². The highest BCUT2D eigenvalue weighted by Gasteiger charge is 2.27. The summed E-state index contributed by atoms with van der Waals surface area (Å²) in [4.78, 5) is 44.0. The van der Waals surface area contributed by atoms with Crippen LogP contribution in [-0.2, 0) is 4.79 Å². The van der Waals surface area contributed by atoms with Crippen LogP contribution in [0, 0.1) is 0 Å². The Labute approximate surface area is 151 Å². The van der Waals surface area contributed by atoms with Gasteiger partial charge in [-0.1, -0.05) is 12.1 Å². The van der Waals surface area contributed by atoms with Crippen molar-refractivity contribution in [1.82, 2.24) is 20.1 Å². The molecule has 0 radical (unpaired) electrons. The summed E-state index contributed by atoms with van der Waals surface area (Å²) in [5, 5.41) is 3.50. The van der Waals surface area contributed by atoms with Gasteiger partial charge in [0.1, 0.15) is 5.56 Å². The Balaban J connectivity index is 1.39. The maximum Gasteiger partial charge on any atom is 0.259 e. The zero-order valence-electron chi connectivity index (χ0n) is 14.5. The summed E-state index contributed by atoms with van der Waals surface area (Å²) in [5.41, 5.74) is 0.653. The Morgan fingerprint density at radius 1 is 1.12 bits per heavy atom. The molecule has 1 aliphatic heterocycles. The number of fused-ring (bicyclic) bond motifs is 1. The molecule has 2 fully saturated rings. The van der Waals surface area contributed by atoms with E-state index in [-0.39, 0.29) is 22.8 Å². The number of H-pyrrole nitrogens is 1. The van der Waals surface area contributed by atoms with Crippen LogP contribution in [0.15, 0.2) is 35.3 Å². The molecule has 0 spiro atoms. The minimum Gasteiger partial charge on any atom is -0.360 e. The first-order chi connectivity index (χ1) is 12.6. The number of hydrogen-bond donors (Lipinski definition) is 2. The van der Waals surface area contributed by atoms with Gasteiger partial charge in [-0.25, -0.2) is 0 Å². The molecule has 0 bridgehead atoms. The van der Waals surface area contributed by atoms with Gasteiger partial charge in [0.05, 0.1) is 6.54 Å². The van der Waals surface area contributed by atoms with Gasteiger partial charge in [0, 0.05) is 49.3 Å². The minimum absolute atomic E-state index is 0.0539. The predicted molar refractivity (Wildman–Crippen MR) is 98.1 cm³/mol. The van der Waals surface area contributed by atoms with E-state index in [1.54, 1.807) is 17.0 Å². The van der Waals surface area contributed by atoms with Crippen molar-refractivity contribution in [2.75, 3.05) is 32.7 Å². The Morgan fingerprint density at radius 2 is 1.85 bits per heavy atom. The largest absolute Gasteiger partial charge is 0.360 e. The van der Waals surface area contributed by atoms with Crippen molar-refractivity contribution < 1.29 is 9.59 Å². The van der Waals surface area contributed by atoms with Gasteiger partial charge in [0.15, 0.2) is 0 Å². The van der Waals surface area contributed by atoms with Gasteiger partial charge in [-0.15, -0.1) is 0 Å². The summed E-state index contributed by atoms with van der Waals surface area (Å²) in [5.74, 6) is -0.197. The lowest BCUT2D eigenvalue weighted by molar-refractivity contribution is -0.122. The summed E-state index contributed by atoms with van der Waals surface area (Å²) in [6, 6.07) is 7.54. The van der Waals surface area contributed by atoms with Crippen LogP contribution in [0.1, 0.15) is 23.2 Å². The predicted octanol–water partition coefficient (Wildman–Crippen LogP) is 0.565. The van der Waals surface area contributed by atoms with Crippen LogP contribution in [0.25, 0.3) is 10.9 Å². The number of piperazine rings is 1. The van der Waals surface area contributed by atoms with Crippen LogP contribution in [0.3, 0.4) is 0 Å². The van der Waals surface area contributed by atoms with Gasteiger partial charge in [-0.2, -0.15) is 0 Å². The third-order valence-corrected chi connectivity index (χ3v) is 4.99. The quantitative estimate of drug-likeness (QED) is 0.840. The number of nitrogens with zero attached hydrogens (tertiary/aromatic N) is 2. The molecule has 0 atom stereocenters.